The van der Waals surface area contributed by atoms with E-state index < -0.39 is 0 Å². The summed E-state index contributed by atoms with van der Waals surface area (Å²) in [5, 5.41) is 4.17. The predicted octanol–water partition coefficient (Wildman–Crippen LogP) is 3.40. The Morgan fingerprint density at radius 2 is 1.74 bits per heavy atom. The maximum atomic E-state index is 12.9. The third kappa shape index (κ3) is 2.64. The van der Waals surface area contributed by atoms with E-state index >= 15 is 0 Å². The fourth-order valence-electron chi connectivity index (χ4n) is 2.93. The van der Waals surface area contributed by atoms with E-state index in [-0.39, 0.29) is 5.91 Å². The summed E-state index contributed by atoms with van der Waals surface area (Å²) in [4.78, 5) is 15.4. The average molecular weight is 321 g/mol. The Labute approximate surface area is 138 Å². The second-order valence-electron chi connectivity index (χ2n) is 5.56. The number of hydrogen-bond donors (Lipinski definition) is 0. The first kappa shape index (κ1) is 14.1. The average Bonchev–Trinajstić information content (AvgIpc) is 3.11. The molecule has 2 aromatic carbocycles. The Hall–Kier alpha value is -2.53. The number of carbonyl (C=O) groups excluding carboxylic acids is 1. The molecule has 1 amide bonds. The zero-order valence-corrected chi connectivity index (χ0v) is 13.3. The molecule has 1 aliphatic heterocycles. The van der Waals surface area contributed by atoms with Gasteiger partial charge >= 0.3 is 0 Å². The fourth-order valence-corrected chi connectivity index (χ4v) is 3.59. The van der Waals surface area contributed by atoms with E-state index in [0.717, 1.165) is 18.5 Å². The summed E-state index contributed by atoms with van der Waals surface area (Å²) in [5.74, 6) is 0.0216. The van der Waals surface area contributed by atoms with Crippen molar-refractivity contribution in [3.63, 3.8) is 0 Å². The van der Waals surface area contributed by atoms with Crippen LogP contribution in [0.2, 0.25) is 0 Å². The van der Waals surface area contributed by atoms with Gasteiger partial charge in [-0.25, -0.2) is 0 Å². The van der Waals surface area contributed by atoms with Gasteiger partial charge in [0, 0.05) is 18.7 Å². The maximum Gasteiger partial charge on any atom is 0.268 e. The molecule has 114 valence electrons. The Morgan fingerprint density at radius 3 is 2.57 bits per heavy atom. The van der Waals surface area contributed by atoms with Crippen molar-refractivity contribution in [2.45, 2.75) is 13.0 Å². The zero-order chi connectivity index (χ0) is 15.6. The second kappa shape index (κ2) is 5.93. The van der Waals surface area contributed by atoms with Crippen LogP contribution in [0.5, 0.6) is 0 Å². The van der Waals surface area contributed by atoms with Crippen LogP contribution in [0.25, 0.3) is 11.3 Å². The van der Waals surface area contributed by atoms with Crippen LogP contribution in [-0.2, 0) is 13.0 Å². The smallest absolute Gasteiger partial charge is 0.268 e. The van der Waals surface area contributed by atoms with Gasteiger partial charge in [0.05, 0.1) is 0 Å². The number of benzene rings is 2. The third-order valence-electron chi connectivity index (χ3n) is 4.15. The van der Waals surface area contributed by atoms with Gasteiger partial charge in [0.25, 0.3) is 5.91 Å². The van der Waals surface area contributed by atoms with Crippen LogP contribution < -0.4 is 0 Å². The molecule has 2 heterocycles. The van der Waals surface area contributed by atoms with Crippen molar-refractivity contribution in [3.05, 3.63) is 70.6 Å². The molecule has 0 atom stereocenters. The minimum atomic E-state index is 0.0216. The molecule has 0 saturated heterocycles. The number of nitrogens with zero attached hydrogens (tertiary/aromatic N) is 3. The first-order valence-corrected chi connectivity index (χ1v) is 8.34. The lowest BCUT2D eigenvalue weighted by Crippen LogP contribution is -2.35. The number of amides is 1. The van der Waals surface area contributed by atoms with Crippen LogP contribution in [0.4, 0.5) is 0 Å². The number of fused-ring (bicyclic) bond motifs is 1. The number of aromatic nitrogens is 2. The van der Waals surface area contributed by atoms with E-state index in [0.29, 0.717) is 17.1 Å². The Bertz CT molecular complexity index is 844. The topological polar surface area (TPSA) is 46.1 Å². The van der Waals surface area contributed by atoms with Crippen LogP contribution in [-0.4, -0.2) is 26.9 Å². The maximum absolute atomic E-state index is 12.9. The van der Waals surface area contributed by atoms with E-state index in [4.69, 9.17) is 0 Å². The molecule has 23 heavy (non-hydrogen) atoms. The quantitative estimate of drug-likeness (QED) is 0.727. The van der Waals surface area contributed by atoms with Crippen molar-refractivity contribution in [2.24, 2.45) is 0 Å². The lowest BCUT2D eigenvalue weighted by Gasteiger charge is -2.28. The SMILES string of the molecule is O=C(c1snnc1-c1ccccc1)N1CCc2ccccc2C1. The molecule has 0 aliphatic carbocycles. The van der Waals surface area contributed by atoms with Gasteiger partial charge in [-0.05, 0) is 29.1 Å². The summed E-state index contributed by atoms with van der Waals surface area (Å²) in [7, 11) is 0. The molecule has 4 nitrogen and oxygen atoms in total. The van der Waals surface area contributed by atoms with Crippen molar-refractivity contribution >= 4 is 17.4 Å². The molecular weight excluding hydrogens is 306 g/mol. The standard InChI is InChI=1S/C18H15N3OS/c22-18(21-11-10-13-6-4-5-9-15(13)12-21)17-16(19-20-23-17)14-7-2-1-3-8-14/h1-9H,10-12H2. The van der Waals surface area contributed by atoms with Crippen LogP contribution in [0, 0.1) is 0 Å². The summed E-state index contributed by atoms with van der Waals surface area (Å²) in [6.45, 7) is 1.39. The van der Waals surface area contributed by atoms with Crippen LogP contribution >= 0.6 is 11.5 Å². The molecule has 5 heteroatoms. The summed E-state index contributed by atoms with van der Waals surface area (Å²) < 4.78 is 4.00. The van der Waals surface area contributed by atoms with Gasteiger partial charge in [-0.3, -0.25) is 4.79 Å². The first-order chi connectivity index (χ1) is 11.3. The zero-order valence-electron chi connectivity index (χ0n) is 12.5. The van der Waals surface area contributed by atoms with Gasteiger partial charge in [0.2, 0.25) is 0 Å². The summed E-state index contributed by atoms with van der Waals surface area (Å²) in [6.07, 6.45) is 0.898. The molecule has 0 N–H and O–H groups in total. The summed E-state index contributed by atoms with van der Waals surface area (Å²) >= 11 is 1.18. The molecule has 0 unspecified atom stereocenters. The second-order valence-corrected chi connectivity index (χ2v) is 6.32. The van der Waals surface area contributed by atoms with E-state index in [9.17, 15) is 4.79 Å². The lowest BCUT2D eigenvalue weighted by atomic mass is 9.99. The predicted molar refractivity (Wildman–Crippen MR) is 90.2 cm³/mol. The van der Waals surface area contributed by atoms with E-state index in [1.807, 2.05) is 41.3 Å². The number of hydrogen-bond acceptors (Lipinski definition) is 4. The van der Waals surface area contributed by atoms with E-state index in [2.05, 4.69) is 27.8 Å². The van der Waals surface area contributed by atoms with Gasteiger partial charge in [-0.1, -0.05) is 59.1 Å². The van der Waals surface area contributed by atoms with E-state index in [1.54, 1.807) is 0 Å². The molecule has 0 spiro atoms. The highest BCUT2D eigenvalue weighted by molar-refractivity contribution is 7.08. The highest BCUT2D eigenvalue weighted by Crippen LogP contribution is 2.27. The molecule has 0 fully saturated rings. The molecule has 3 aromatic rings. The highest BCUT2D eigenvalue weighted by Gasteiger charge is 2.26. The van der Waals surface area contributed by atoms with Crippen LogP contribution in [0.1, 0.15) is 20.8 Å². The third-order valence-corrected chi connectivity index (χ3v) is 4.86. The van der Waals surface area contributed by atoms with Crippen molar-refractivity contribution in [3.8, 4) is 11.3 Å². The van der Waals surface area contributed by atoms with E-state index in [1.165, 1.54) is 22.7 Å². The largest absolute Gasteiger partial charge is 0.333 e. The molecule has 1 aromatic heterocycles. The van der Waals surface area contributed by atoms with Crippen molar-refractivity contribution < 1.29 is 4.79 Å². The molecule has 4 rings (SSSR count). The van der Waals surface area contributed by atoms with Crippen molar-refractivity contribution in [1.82, 2.24) is 14.5 Å². The molecule has 0 bridgehead atoms. The number of rotatable bonds is 2. The monoisotopic (exact) mass is 321 g/mol. The van der Waals surface area contributed by atoms with Crippen molar-refractivity contribution in [2.75, 3.05) is 6.54 Å². The van der Waals surface area contributed by atoms with Gasteiger partial charge in [0.1, 0.15) is 10.6 Å². The normalized spacial score (nSPS) is 13.7. The summed E-state index contributed by atoms with van der Waals surface area (Å²) in [5.41, 5.74) is 4.18. The molecule has 0 radical (unpaired) electrons. The van der Waals surface area contributed by atoms with Crippen molar-refractivity contribution in [1.29, 1.82) is 0 Å². The van der Waals surface area contributed by atoms with Crippen LogP contribution in [0.15, 0.2) is 54.6 Å². The minimum absolute atomic E-state index is 0.0216. The fraction of sp³-hybridized carbons (Fsp3) is 0.167. The number of carbonyl (C=O) groups is 1. The van der Waals surface area contributed by atoms with Gasteiger partial charge < -0.3 is 4.90 Å². The lowest BCUT2D eigenvalue weighted by molar-refractivity contribution is 0.0740. The van der Waals surface area contributed by atoms with Crippen LogP contribution in [0.3, 0.4) is 0 Å². The minimum Gasteiger partial charge on any atom is -0.333 e. The Kier molecular flexibility index (Phi) is 3.63. The molecular formula is C18H15N3OS. The molecule has 0 saturated carbocycles. The molecule has 1 aliphatic rings. The highest BCUT2D eigenvalue weighted by atomic mass is 32.1. The van der Waals surface area contributed by atoms with Gasteiger partial charge in [-0.15, -0.1) is 5.10 Å². The Morgan fingerprint density at radius 1 is 1.00 bits per heavy atom. The van der Waals surface area contributed by atoms with Gasteiger partial charge in [0.15, 0.2) is 0 Å². The van der Waals surface area contributed by atoms with Gasteiger partial charge in [-0.2, -0.15) is 0 Å². The Balaban J connectivity index is 1.63. The summed E-state index contributed by atoms with van der Waals surface area (Å²) in [6, 6.07) is 18.1. The first-order valence-electron chi connectivity index (χ1n) is 7.57.